The van der Waals surface area contributed by atoms with Gasteiger partial charge in [-0.15, -0.1) is 0 Å². The predicted octanol–water partition coefficient (Wildman–Crippen LogP) is 4.37. The van der Waals surface area contributed by atoms with E-state index >= 15 is 0 Å². The summed E-state index contributed by atoms with van der Waals surface area (Å²) in [6.07, 6.45) is 1.85. The Hall–Kier alpha value is -1.56. The Bertz CT molecular complexity index is 709. The van der Waals surface area contributed by atoms with Gasteiger partial charge >= 0.3 is 0 Å². The lowest BCUT2D eigenvalue weighted by atomic mass is 10.1. The van der Waals surface area contributed by atoms with Crippen LogP contribution in [0.4, 0.5) is 10.1 Å². The lowest BCUT2D eigenvalue weighted by Gasteiger charge is -2.24. The molecule has 1 atom stereocenters. The van der Waals surface area contributed by atoms with Crippen LogP contribution in [0.5, 0.6) is 0 Å². The summed E-state index contributed by atoms with van der Waals surface area (Å²) < 4.78 is 27.8. The summed E-state index contributed by atoms with van der Waals surface area (Å²) in [6, 6.07) is 11.3. The molecule has 0 aliphatic rings. The minimum absolute atomic E-state index is 0.110. The minimum atomic E-state index is -1.35. The Labute approximate surface area is 143 Å². The number of benzene rings is 2. The zero-order chi connectivity index (χ0) is 17.0. The number of anilines is 1. The van der Waals surface area contributed by atoms with Gasteiger partial charge in [-0.1, -0.05) is 36.7 Å². The Morgan fingerprint density at radius 2 is 2.04 bits per heavy atom. The number of hydrogen-bond acceptors (Lipinski definition) is 3. The molecular formula is C17H17ClFNO2S. The molecule has 2 aromatic rings. The Morgan fingerprint density at radius 3 is 2.61 bits per heavy atom. The number of nitrogens with zero attached hydrogens (tertiary/aromatic N) is 1. The summed E-state index contributed by atoms with van der Waals surface area (Å²) in [5.74, 6) is -0.594. The van der Waals surface area contributed by atoms with E-state index in [1.54, 1.807) is 47.6 Å². The fourth-order valence-corrected chi connectivity index (χ4v) is 3.09. The van der Waals surface area contributed by atoms with Crippen molar-refractivity contribution < 1.29 is 13.7 Å². The maximum absolute atomic E-state index is 14.3. The van der Waals surface area contributed by atoms with Gasteiger partial charge in [-0.25, -0.2) is 4.39 Å². The van der Waals surface area contributed by atoms with E-state index in [4.69, 9.17) is 11.6 Å². The first-order chi connectivity index (χ1) is 10.9. The fraction of sp³-hybridized carbons (Fsp3) is 0.235. The normalized spacial score (nSPS) is 12.0. The third-order valence-corrected chi connectivity index (χ3v) is 4.61. The molecule has 6 heteroatoms. The van der Waals surface area contributed by atoms with Crippen LogP contribution in [-0.4, -0.2) is 16.6 Å². The molecule has 1 unspecified atom stereocenters. The van der Waals surface area contributed by atoms with Crippen molar-refractivity contribution in [1.29, 1.82) is 0 Å². The van der Waals surface area contributed by atoms with Crippen LogP contribution >= 0.6 is 11.6 Å². The van der Waals surface area contributed by atoms with Gasteiger partial charge in [0.1, 0.15) is 12.1 Å². The molecule has 0 fully saturated rings. The van der Waals surface area contributed by atoms with Gasteiger partial charge in [-0.05, 0) is 24.3 Å². The first-order valence-corrected chi connectivity index (χ1v) is 9.00. The fourth-order valence-electron chi connectivity index (χ4n) is 2.17. The molecule has 2 rings (SSSR count). The summed E-state index contributed by atoms with van der Waals surface area (Å²) in [5.41, 5.74) is 1.36. The number of carbonyl (C=O) groups is 1. The molecule has 0 amide bonds. The first-order valence-electron chi connectivity index (χ1n) is 7.10. The molecule has 0 aliphatic carbocycles. The SMILES string of the molecule is CCC(=O)c1ccc(CN(c2cccc(Cl)c2)[S+](C)[O-])c(F)c1. The van der Waals surface area contributed by atoms with Gasteiger partial charge < -0.3 is 4.55 Å². The minimum Gasteiger partial charge on any atom is -0.593 e. The average Bonchev–Trinajstić information content (AvgIpc) is 2.52. The predicted molar refractivity (Wildman–Crippen MR) is 92.7 cm³/mol. The molecule has 122 valence electrons. The second-order valence-corrected chi connectivity index (χ2v) is 6.75. The molecule has 0 saturated carbocycles. The molecule has 0 saturated heterocycles. The molecular weight excluding hydrogens is 337 g/mol. The van der Waals surface area contributed by atoms with Gasteiger partial charge in [0.15, 0.2) is 5.78 Å². The smallest absolute Gasteiger partial charge is 0.162 e. The van der Waals surface area contributed by atoms with E-state index in [2.05, 4.69) is 0 Å². The second-order valence-electron chi connectivity index (χ2n) is 5.02. The standard InChI is InChI=1S/C17H17ClFNO2S/c1-3-17(21)12-7-8-13(16(19)9-12)11-20(23(2)22)15-6-4-5-14(18)10-15/h4-10H,3,11H2,1-2H3. The second kappa shape index (κ2) is 7.81. The van der Waals surface area contributed by atoms with Crippen molar-refractivity contribution in [2.24, 2.45) is 0 Å². The van der Waals surface area contributed by atoms with Crippen molar-refractivity contribution in [1.82, 2.24) is 0 Å². The molecule has 0 bridgehead atoms. The highest BCUT2D eigenvalue weighted by molar-refractivity contribution is 7.92. The Balaban J connectivity index is 2.29. The van der Waals surface area contributed by atoms with Gasteiger partial charge in [-0.2, -0.15) is 4.31 Å². The molecule has 0 heterocycles. The summed E-state index contributed by atoms with van der Waals surface area (Å²) >= 11 is 4.62. The van der Waals surface area contributed by atoms with Crippen molar-refractivity contribution >= 4 is 34.4 Å². The van der Waals surface area contributed by atoms with Crippen LogP contribution in [0.3, 0.4) is 0 Å². The highest BCUT2D eigenvalue weighted by atomic mass is 35.5. The zero-order valence-electron chi connectivity index (χ0n) is 12.9. The van der Waals surface area contributed by atoms with Crippen LogP contribution in [-0.2, 0) is 17.9 Å². The monoisotopic (exact) mass is 353 g/mol. The van der Waals surface area contributed by atoms with Gasteiger partial charge in [-0.3, -0.25) is 4.79 Å². The summed E-state index contributed by atoms with van der Waals surface area (Å²) in [6.45, 7) is 1.85. The molecule has 0 N–H and O–H groups in total. The van der Waals surface area contributed by atoms with E-state index in [0.717, 1.165) is 0 Å². The summed E-state index contributed by atoms with van der Waals surface area (Å²) in [7, 11) is 0. The van der Waals surface area contributed by atoms with Crippen LogP contribution in [0.1, 0.15) is 29.3 Å². The maximum atomic E-state index is 14.3. The van der Waals surface area contributed by atoms with Gasteiger partial charge in [0, 0.05) is 22.6 Å². The maximum Gasteiger partial charge on any atom is 0.162 e. The Kier molecular flexibility index (Phi) is 6.04. The number of ketones is 1. The van der Waals surface area contributed by atoms with Crippen LogP contribution in [0.15, 0.2) is 42.5 Å². The van der Waals surface area contributed by atoms with E-state index in [-0.39, 0.29) is 12.3 Å². The first kappa shape index (κ1) is 17.8. The van der Waals surface area contributed by atoms with E-state index in [0.29, 0.717) is 28.3 Å². The average molecular weight is 354 g/mol. The molecule has 0 radical (unpaired) electrons. The summed E-state index contributed by atoms with van der Waals surface area (Å²) in [4.78, 5) is 11.6. The summed E-state index contributed by atoms with van der Waals surface area (Å²) in [5, 5.41) is 0.516. The molecule has 0 spiro atoms. The zero-order valence-corrected chi connectivity index (χ0v) is 14.5. The highest BCUT2D eigenvalue weighted by Gasteiger charge is 2.19. The molecule has 3 nitrogen and oxygen atoms in total. The molecule has 0 aromatic heterocycles. The van der Waals surface area contributed by atoms with E-state index in [1.165, 1.54) is 12.3 Å². The van der Waals surface area contributed by atoms with Crippen LogP contribution in [0.25, 0.3) is 0 Å². The third-order valence-electron chi connectivity index (χ3n) is 3.42. The lowest BCUT2D eigenvalue weighted by molar-refractivity contribution is 0.0987. The number of hydrogen-bond donors (Lipinski definition) is 0. The van der Waals surface area contributed by atoms with Gasteiger partial charge in [0.05, 0.1) is 23.6 Å². The number of halogens is 2. The van der Waals surface area contributed by atoms with Crippen LogP contribution in [0.2, 0.25) is 5.02 Å². The van der Waals surface area contributed by atoms with Crippen LogP contribution in [0, 0.1) is 5.82 Å². The van der Waals surface area contributed by atoms with Crippen molar-refractivity contribution in [3.05, 3.63) is 64.4 Å². The van der Waals surface area contributed by atoms with Crippen molar-refractivity contribution in [2.45, 2.75) is 19.9 Å². The molecule has 23 heavy (non-hydrogen) atoms. The van der Waals surface area contributed by atoms with E-state index in [1.807, 2.05) is 0 Å². The van der Waals surface area contributed by atoms with Crippen molar-refractivity contribution in [3.8, 4) is 0 Å². The number of Topliss-reactive ketones (excluding diaryl/α,β-unsaturated/α-hetero) is 1. The highest BCUT2D eigenvalue weighted by Crippen LogP contribution is 2.25. The van der Waals surface area contributed by atoms with E-state index in [9.17, 15) is 13.7 Å². The lowest BCUT2D eigenvalue weighted by Crippen LogP contribution is -2.29. The quantitative estimate of drug-likeness (QED) is 0.572. The third kappa shape index (κ3) is 4.47. The van der Waals surface area contributed by atoms with Crippen LogP contribution < -0.4 is 4.31 Å². The molecule has 0 aliphatic heterocycles. The number of carbonyl (C=O) groups excluding carboxylic acids is 1. The van der Waals surface area contributed by atoms with E-state index < -0.39 is 17.2 Å². The van der Waals surface area contributed by atoms with Gasteiger partial charge in [0.2, 0.25) is 0 Å². The van der Waals surface area contributed by atoms with Crippen molar-refractivity contribution in [3.63, 3.8) is 0 Å². The largest absolute Gasteiger partial charge is 0.593 e. The molecule has 2 aromatic carbocycles. The Morgan fingerprint density at radius 1 is 1.30 bits per heavy atom. The number of rotatable bonds is 6. The topological polar surface area (TPSA) is 43.4 Å². The van der Waals surface area contributed by atoms with Gasteiger partial charge in [0.25, 0.3) is 0 Å². The van der Waals surface area contributed by atoms with Crippen molar-refractivity contribution in [2.75, 3.05) is 10.6 Å².